The number of nitrogen functional groups attached to an aromatic ring is 1. The summed E-state index contributed by atoms with van der Waals surface area (Å²) in [4.78, 5) is 27.4. The number of carbonyl (C=O) groups excluding carboxylic acids is 1. The quantitative estimate of drug-likeness (QED) is 0.853. The smallest absolute Gasteiger partial charge is 0.230 e. The average Bonchev–Trinajstić information content (AvgIpc) is 3.05. The lowest BCUT2D eigenvalue weighted by Crippen LogP contribution is -2.61. The molecule has 0 radical (unpaired) electrons. The van der Waals surface area contributed by atoms with E-state index in [4.69, 9.17) is 10.2 Å². The van der Waals surface area contributed by atoms with Gasteiger partial charge >= 0.3 is 0 Å². The number of anilines is 2. The van der Waals surface area contributed by atoms with Crippen LogP contribution in [0.5, 0.6) is 0 Å². The zero-order chi connectivity index (χ0) is 18.1. The van der Waals surface area contributed by atoms with Crippen molar-refractivity contribution in [2.24, 2.45) is 5.41 Å². The Kier molecular flexibility index (Phi) is 4.26. The highest BCUT2D eigenvalue weighted by Gasteiger charge is 2.48. The standard InChI is InChI=1S/C18H24N6O2/c1-12-20-16(19)23-17(21-12)24-7-3-14(18(11-24)5-2-6-18)22-15(25)9-13-4-8-26-10-13/h4,8,10,14H,2-3,5-7,9,11H2,1H3,(H,22,25)(H2,19,20,21,23). The zero-order valence-electron chi connectivity index (χ0n) is 14.9. The van der Waals surface area contributed by atoms with Crippen LogP contribution < -0.4 is 16.0 Å². The van der Waals surface area contributed by atoms with Crippen molar-refractivity contribution in [3.63, 3.8) is 0 Å². The number of furan rings is 1. The van der Waals surface area contributed by atoms with Gasteiger partial charge in [0.05, 0.1) is 18.9 Å². The van der Waals surface area contributed by atoms with Crippen molar-refractivity contribution in [1.29, 1.82) is 0 Å². The fourth-order valence-electron chi connectivity index (χ4n) is 4.15. The van der Waals surface area contributed by atoms with Gasteiger partial charge in [0.2, 0.25) is 17.8 Å². The molecule has 0 aromatic carbocycles. The number of rotatable bonds is 4. The third-order valence-corrected chi connectivity index (χ3v) is 5.60. The van der Waals surface area contributed by atoms with Gasteiger partial charge in [0, 0.05) is 24.5 Å². The first-order valence-electron chi connectivity index (χ1n) is 9.08. The average molecular weight is 356 g/mol. The molecule has 2 aliphatic rings. The number of amides is 1. The van der Waals surface area contributed by atoms with Crippen molar-refractivity contribution in [3.8, 4) is 0 Å². The van der Waals surface area contributed by atoms with Gasteiger partial charge in [-0.1, -0.05) is 6.42 Å². The number of piperidine rings is 1. The van der Waals surface area contributed by atoms with Crippen LogP contribution in [-0.2, 0) is 11.2 Å². The number of nitrogens with zero attached hydrogens (tertiary/aromatic N) is 4. The number of hydrogen-bond donors (Lipinski definition) is 2. The molecular formula is C18H24N6O2. The van der Waals surface area contributed by atoms with Crippen molar-refractivity contribution < 1.29 is 9.21 Å². The van der Waals surface area contributed by atoms with E-state index in [1.54, 1.807) is 12.5 Å². The Labute approximate surface area is 152 Å². The van der Waals surface area contributed by atoms with E-state index in [1.807, 2.05) is 13.0 Å². The fraction of sp³-hybridized carbons (Fsp3) is 0.556. The van der Waals surface area contributed by atoms with Crippen LogP contribution in [-0.4, -0.2) is 40.0 Å². The second-order valence-corrected chi connectivity index (χ2v) is 7.40. The molecule has 1 aliphatic carbocycles. The molecule has 3 N–H and O–H groups in total. The van der Waals surface area contributed by atoms with Crippen LogP contribution >= 0.6 is 0 Å². The van der Waals surface area contributed by atoms with E-state index in [2.05, 4.69) is 25.2 Å². The molecule has 0 bridgehead atoms. The normalized spacial score (nSPS) is 21.4. The third-order valence-electron chi connectivity index (χ3n) is 5.60. The van der Waals surface area contributed by atoms with Crippen LogP contribution in [0, 0.1) is 12.3 Å². The number of nitrogens with two attached hydrogens (primary N) is 1. The Hall–Kier alpha value is -2.64. The monoisotopic (exact) mass is 356 g/mol. The van der Waals surface area contributed by atoms with E-state index in [-0.39, 0.29) is 23.3 Å². The first-order valence-corrected chi connectivity index (χ1v) is 9.08. The highest BCUT2D eigenvalue weighted by Crippen LogP contribution is 2.48. The summed E-state index contributed by atoms with van der Waals surface area (Å²) >= 11 is 0. The van der Waals surface area contributed by atoms with Crippen molar-refractivity contribution >= 4 is 17.8 Å². The topological polar surface area (TPSA) is 110 Å². The van der Waals surface area contributed by atoms with E-state index in [0.717, 1.165) is 37.9 Å². The molecule has 138 valence electrons. The molecule has 4 rings (SSSR count). The third kappa shape index (κ3) is 3.23. The zero-order valence-corrected chi connectivity index (χ0v) is 14.9. The Morgan fingerprint density at radius 3 is 2.92 bits per heavy atom. The van der Waals surface area contributed by atoms with Crippen molar-refractivity contribution in [2.45, 2.75) is 45.1 Å². The van der Waals surface area contributed by atoms with Gasteiger partial charge in [-0.15, -0.1) is 0 Å². The largest absolute Gasteiger partial charge is 0.472 e. The van der Waals surface area contributed by atoms with Crippen molar-refractivity contribution in [3.05, 3.63) is 30.0 Å². The Bertz CT molecular complexity index is 767. The molecule has 26 heavy (non-hydrogen) atoms. The number of nitrogens with one attached hydrogen (secondary N) is 1. The van der Waals surface area contributed by atoms with Crippen molar-refractivity contribution in [2.75, 3.05) is 23.7 Å². The first kappa shape index (κ1) is 16.8. The SMILES string of the molecule is Cc1nc(N)nc(N2CCC(NC(=O)Cc3ccoc3)C3(CCC3)C2)n1. The molecule has 8 nitrogen and oxygen atoms in total. The maximum atomic E-state index is 12.4. The van der Waals surface area contributed by atoms with Crippen LogP contribution in [0.2, 0.25) is 0 Å². The lowest BCUT2D eigenvalue weighted by atomic mass is 9.61. The molecule has 2 aromatic rings. The second-order valence-electron chi connectivity index (χ2n) is 7.40. The number of aryl methyl sites for hydroxylation is 1. The minimum atomic E-state index is 0.0522. The van der Waals surface area contributed by atoms with E-state index in [9.17, 15) is 4.79 Å². The van der Waals surface area contributed by atoms with Gasteiger partial charge in [-0.25, -0.2) is 0 Å². The minimum Gasteiger partial charge on any atom is -0.472 e. The van der Waals surface area contributed by atoms with Gasteiger partial charge in [-0.3, -0.25) is 4.79 Å². The molecular weight excluding hydrogens is 332 g/mol. The predicted molar refractivity (Wildman–Crippen MR) is 96.4 cm³/mol. The summed E-state index contributed by atoms with van der Waals surface area (Å²) in [6, 6.07) is 2.02. The molecule has 1 aliphatic heterocycles. The summed E-state index contributed by atoms with van der Waals surface area (Å²) in [7, 11) is 0. The van der Waals surface area contributed by atoms with Gasteiger partial charge in [0.15, 0.2) is 0 Å². The van der Waals surface area contributed by atoms with E-state index >= 15 is 0 Å². The van der Waals surface area contributed by atoms with Crippen LogP contribution in [0.1, 0.15) is 37.1 Å². The summed E-state index contributed by atoms with van der Waals surface area (Å²) in [5.74, 6) is 1.58. The molecule has 2 fully saturated rings. The minimum absolute atomic E-state index is 0.0522. The summed E-state index contributed by atoms with van der Waals surface area (Å²) in [6.07, 6.45) is 7.86. The van der Waals surface area contributed by atoms with E-state index in [0.29, 0.717) is 18.2 Å². The highest BCUT2D eigenvalue weighted by atomic mass is 16.3. The maximum absolute atomic E-state index is 12.4. The molecule has 1 saturated carbocycles. The van der Waals surface area contributed by atoms with Gasteiger partial charge < -0.3 is 20.4 Å². The Balaban J connectivity index is 1.45. The number of carbonyl (C=O) groups is 1. The van der Waals surface area contributed by atoms with Gasteiger partial charge in [0.25, 0.3) is 0 Å². The molecule has 3 heterocycles. The van der Waals surface area contributed by atoms with Crippen LogP contribution in [0.25, 0.3) is 0 Å². The van der Waals surface area contributed by atoms with Crippen LogP contribution in [0.4, 0.5) is 11.9 Å². The second kappa shape index (κ2) is 6.59. The van der Waals surface area contributed by atoms with Gasteiger partial charge in [-0.2, -0.15) is 15.0 Å². The van der Waals surface area contributed by atoms with E-state index in [1.165, 1.54) is 6.42 Å². The van der Waals surface area contributed by atoms with Gasteiger partial charge in [0.1, 0.15) is 5.82 Å². The van der Waals surface area contributed by atoms with Crippen LogP contribution in [0.3, 0.4) is 0 Å². The van der Waals surface area contributed by atoms with E-state index < -0.39 is 0 Å². The molecule has 1 amide bonds. The fourth-order valence-corrected chi connectivity index (χ4v) is 4.15. The molecule has 1 unspecified atom stereocenters. The summed E-state index contributed by atoms with van der Waals surface area (Å²) < 4.78 is 5.05. The van der Waals surface area contributed by atoms with Crippen LogP contribution in [0.15, 0.2) is 23.0 Å². The molecule has 8 heteroatoms. The molecule has 2 aromatic heterocycles. The lowest BCUT2D eigenvalue weighted by Gasteiger charge is -2.53. The first-order chi connectivity index (χ1) is 12.5. The molecule has 1 spiro atoms. The Morgan fingerprint density at radius 2 is 2.27 bits per heavy atom. The Morgan fingerprint density at radius 1 is 1.42 bits per heavy atom. The summed E-state index contributed by atoms with van der Waals surface area (Å²) in [6.45, 7) is 3.46. The predicted octanol–water partition coefficient (Wildman–Crippen LogP) is 1.46. The molecule has 1 atom stereocenters. The molecule has 1 saturated heterocycles. The summed E-state index contributed by atoms with van der Waals surface area (Å²) in [5.41, 5.74) is 6.78. The maximum Gasteiger partial charge on any atom is 0.230 e. The number of hydrogen-bond acceptors (Lipinski definition) is 7. The highest BCUT2D eigenvalue weighted by molar-refractivity contribution is 5.78. The van der Waals surface area contributed by atoms with Gasteiger partial charge in [-0.05, 0) is 37.8 Å². The lowest BCUT2D eigenvalue weighted by molar-refractivity contribution is -0.123. The van der Waals surface area contributed by atoms with Crippen molar-refractivity contribution in [1.82, 2.24) is 20.3 Å². The summed E-state index contributed by atoms with van der Waals surface area (Å²) in [5, 5.41) is 3.26. The number of aromatic nitrogens is 3.